The fraction of sp³-hybridized carbons (Fsp3) is 0.333. The van der Waals surface area contributed by atoms with Gasteiger partial charge in [-0.2, -0.15) is 0 Å². The molecule has 0 saturated carbocycles. The van der Waals surface area contributed by atoms with Crippen LogP contribution in [0.15, 0.2) is 23.6 Å². The summed E-state index contributed by atoms with van der Waals surface area (Å²) in [5.41, 5.74) is 6.96. The van der Waals surface area contributed by atoms with Crippen LogP contribution in [0.2, 0.25) is 10.0 Å². The lowest BCUT2D eigenvalue weighted by Gasteiger charge is -2.22. The number of nitrogens with zero attached hydrogens (tertiary/aromatic N) is 2. The Bertz CT molecular complexity index is 704. The Hall–Kier alpha value is -1.14. The first-order chi connectivity index (χ1) is 10.6. The molecule has 1 aliphatic heterocycles. The van der Waals surface area contributed by atoms with Crippen LogP contribution in [0.1, 0.15) is 23.3 Å². The predicted molar refractivity (Wildman–Crippen MR) is 90.7 cm³/mol. The van der Waals surface area contributed by atoms with Crippen LogP contribution in [-0.4, -0.2) is 34.9 Å². The highest BCUT2D eigenvalue weighted by atomic mass is 35.5. The van der Waals surface area contributed by atoms with Crippen LogP contribution < -0.4 is 5.73 Å². The number of nitrogens with two attached hydrogens (primary N) is 1. The number of thiazole rings is 1. The van der Waals surface area contributed by atoms with E-state index in [2.05, 4.69) is 4.98 Å². The number of amides is 1. The Labute approximate surface area is 142 Å². The zero-order valence-corrected chi connectivity index (χ0v) is 14.1. The minimum Gasteiger partial charge on any atom is -0.333 e. The SMILES string of the molecule is NCC1CCCN1C(=O)c1csc(-c2ccc(Cl)cc2Cl)n1. The molecule has 0 spiro atoms. The van der Waals surface area contributed by atoms with Gasteiger partial charge in [-0.15, -0.1) is 11.3 Å². The van der Waals surface area contributed by atoms with Gasteiger partial charge in [-0.1, -0.05) is 23.2 Å². The second kappa shape index (κ2) is 6.54. The minimum atomic E-state index is -0.0551. The molecule has 0 bridgehead atoms. The first-order valence-corrected chi connectivity index (χ1v) is 8.65. The van der Waals surface area contributed by atoms with Gasteiger partial charge < -0.3 is 10.6 Å². The van der Waals surface area contributed by atoms with Crippen LogP contribution in [0.25, 0.3) is 10.6 Å². The topological polar surface area (TPSA) is 59.2 Å². The van der Waals surface area contributed by atoms with E-state index in [1.807, 2.05) is 11.0 Å². The molecule has 3 rings (SSSR count). The Kier molecular flexibility index (Phi) is 4.68. The van der Waals surface area contributed by atoms with E-state index in [1.54, 1.807) is 17.5 Å². The third-order valence-corrected chi connectivity index (χ3v) is 5.22. The van der Waals surface area contributed by atoms with Gasteiger partial charge in [0.25, 0.3) is 5.91 Å². The van der Waals surface area contributed by atoms with Gasteiger partial charge in [-0.3, -0.25) is 4.79 Å². The minimum absolute atomic E-state index is 0.0551. The van der Waals surface area contributed by atoms with Gasteiger partial charge in [-0.25, -0.2) is 4.98 Å². The molecule has 0 aliphatic carbocycles. The first kappa shape index (κ1) is 15.7. The van der Waals surface area contributed by atoms with Crippen LogP contribution in [0.5, 0.6) is 0 Å². The molecule has 2 heterocycles. The summed E-state index contributed by atoms with van der Waals surface area (Å²) in [7, 11) is 0. The molecular weight excluding hydrogens is 341 g/mol. The Balaban J connectivity index is 1.86. The van der Waals surface area contributed by atoms with E-state index >= 15 is 0 Å². The van der Waals surface area contributed by atoms with E-state index in [0.717, 1.165) is 24.9 Å². The lowest BCUT2D eigenvalue weighted by molar-refractivity contribution is 0.0736. The molecule has 2 N–H and O–H groups in total. The highest BCUT2D eigenvalue weighted by molar-refractivity contribution is 7.13. The molecule has 1 fully saturated rings. The zero-order chi connectivity index (χ0) is 15.7. The molecule has 4 nitrogen and oxygen atoms in total. The zero-order valence-electron chi connectivity index (χ0n) is 11.8. The smallest absolute Gasteiger partial charge is 0.273 e. The van der Waals surface area contributed by atoms with E-state index < -0.39 is 0 Å². The van der Waals surface area contributed by atoms with Crippen molar-refractivity contribution in [2.24, 2.45) is 5.73 Å². The average Bonchev–Trinajstić information content (AvgIpc) is 3.15. The first-order valence-electron chi connectivity index (χ1n) is 7.02. The van der Waals surface area contributed by atoms with Crippen molar-refractivity contribution in [3.8, 4) is 10.6 Å². The molecule has 1 unspecified atom stereocenters. The van der Waals surface area contributed by atoms with Crippen LogP contribution in [-0.2, 0) is 0 Å². The number of carbonyl (C=O) groups is 1. The summed E-state index contributed by atoms with van der Waals surface area (Å²) in [4.78, 5) is 18.8. The maximum absolute atomic E-state index is 12.6. The van der Waals surface area contributed by atoms with E-state index in [-0.39, 0.29) is 11.9 Å². The second-order valence-electron chi connectivity index (χ2n) is 5.19. The number of aromatic nitrogens is 1. The molecule has 7 heteroatoms. The van der Waals surface area contributed by atoms with Crippen LogP contribution in [0.3, 0.4) is 0 Å². The van der Waals surface area contributed by atoms with Crippen molar-refractivity contribution in [1.29, 1.82) is 0 Å². The Morgan fingerprint density at radius 1 is 1.45 bits per heavy atom. The van der Waals surface area contributed by atoms with Gasteiger partial charge in [0.05, 0.1) is 5.02 Å². The van der Waals surface area contributed by atoms with E-state index in [4.69, 9.17) is 28.9 Å². The molecular formula is C15H15Cl2N3OS. The predicted octanol–water partition coefficient (Wildman–Crippen LogP) is 3.68. The molecule has 116 valence electrons. The van der Waals surface area contributed by atoms with E-state index in [0.29, 0.717) is 27.3 Å². The number of hydrogen-bond donors (Lipinski definition) is 1. The lowest BCUT2D eigenvalue weighted by Crippen LogP contribution is -2.40. The van der Waals surface area contributed by atoms with Gasteiger partial charge in [0, 0.05) is 35.1 Å². The normalized spacial score (nSPS) is 18.0. The van der Waals surface area contributed by atoms with Crippen molar-refractivity contribution in [3.63, 3.8) is 0 Å². The average molecular weight is 356 g/mol. The molecule has 2 aromatic rings. The van der Waals surface area contributed by atoms with E-state index in [9.17, 15) is 4.79 Å². The Morgan fingerprint density at radius 3 is 3.00 bits per heavy atom. The quantitative estimate of drug-likeness (QED) is 0.913. The summed E-state index contributed by atoms with van der Waals surface area (Å²) < 4.78 is 0. The van der Waals surface area contributed by atoms with Crippen molar-refractivity contribution < 1.29 is 4.79 Å². The third-order valence-electron chi connectivity index (χ3n) is 3.79. The van der Waals surface area contributed by atoms with Crippen LogP contribution in [0.4, 0.5) is 0 Å². The number of hydrogen-bond acceptors (Lipinski definition) is 4. The molecule has 1 saturated heterocycles. The number of benzene rings is 1. The molecule has 1 amide bonds. The largest absolute Gasteiger partial charge is 0.333 e. The molecule has 22 heavy (non-hydrogen) atoms. The summed E-state index contributed by atoms with van der Waals surface area (Å²) in [6, 6.07) is 5.37. The van der Waals surface area contributed by atoms with Crippen molar-refractivity contribution in [2.45, 2.75) is 18.9 Å². The molecule has 0 radical (unpaired) electrons. The summed E-state index contributed by atoms with van der Waals surface area (Å²) in [5.74, 6) is -0.0551. The molecule has 1 aromatic heterocycles. The van der Waals surface area contributed by atoms with Gasteiger partial charge in [0.2, 0.25) is 0 Å². The summed E-state index contributed by atoms with van der Waals surface area (Å²) in [6.07, 6.45) is 1.95. The van der Waals surface area contributed by atoms with Gasteiger partial charge in [0.15, 0.2) is 0 Å². The highest BCUT2D eigenvalue weighted by Crippen LogP contribution is 2.33. The number of likely N-dealkylation sites (tertiary alicyclic amines) is 1. The second-order valence-corrected chi connectivity index (χ2v) is 6.89. The lowest BCUT2D eigenvalue weighted by atomic mass is 10.2. The van der Waals surface area contributed by atoms with Crippen LogP contribution >= 0.6 is 34.5 Å². The van der Waals surface area contributed by atoms with Crippen molar-refractivity contribution in [1.82, 2.24) is 9.88 Å². The number of carbonyl (C=O) groups excluding carboxylic acids is 1. The summed E-state index contributed by atoms with van der Waals surface area (Å²) in [6.45, 7) is 1.24. The number of halogens is 2. The fourth-order valence-corrected chi connectivity index (χ4v) is 4.04. The maximum Gasteiger partial charge on any atom is 0.273 e. The number of rotatable bonds is 3. The summed E-state index contributed by atoms with van der Waals surface area (Å²) >= 11 is 13.5. The molecule has 1 aliphatic rings. The third kappa shape index (κ3) is 2.99. The standard InChI is InChI=1S/C15H15Cl2N3OS/c16-9-3-4-11(12(17)6-9)14-19-13(8-22-14)15(21)20-5-1-2-10(20)7-18/h3-4,6,8,10H,1-2,5,7,18H2. The fourth-order valence-electron chi connectivity index (χ4n) is 2.65. The molecule has 1 aromatic carbocycles. The summed E-state index contributed by atoms with van der Waals surface area (Å²) in [5, 5.41) is 3.59. The maximum atomic E-state index is 12.6. The van der Waals surface area contributed by atoms with Crippen molar-refractivity contribution in [2.75, 3.05) is 13.1 Å². The van der Waals surface area contributed by atoms with Gasteiger partial charge in [0.1, 0.15) is 10.7 Å². The Morgan fingerprint density at radius 2 is 2.27 bits per heavy atom. The highest BCUT2D eigenvalue weighted by Gasteiger charge is 2.29. The van der Waals surface area contributed by atoms with Gasteiger partial charge >= 0.3 is 0 Å². The van der Waals surface area contributed by atoms with Gasteiger partial charge in [-0.05, 0) is 31.0 Å². The van der Waals surface area contributed by atoms with Crippen molar-refractivity contribution in [3.05, 3.63) is 39.3 Å². The van der Waals surface area contributed by atoms with E-state index in [1.165, 1.54) is 11.3 Å². The monoisotopic (exact) mass is 355 g/mol. The molecule has 1 atom stereocenters. The van der Waals surface area contributed by atoms with Crippen LogP contribution in [0, 0.1) is 0 Å². The van der Waals surface area contributed by atoms with Crippen molar-refractivity contribution >= 4 is 40.4 Å².